The van der Waals surface area contributed by atoms with E-state index in [0.29, 0.717) is 11.6 Å². The van der Waals surface area contributed by atoms with Crippen LogP contribution in [0.3, 0.4) is 0 Å². The molecule has 6 nitrogen and oxygen atoms in total. The number of amides is 1. The van der Waals surface area contributed by atoms with Gasteiger partial charge in [0, 0.05) is 29.5 Å². The molecule has 1 amide bonds. The number of likely N-dealkylation sites (tertiary alicyclic amines) is 1. The van der Waals surface area contributed by atoms with Crippen LogP contribution in [0.5, 0.6) is 0 Å². The van der Waals surface area contributed by atoms with Crippen LogP contribution < -0.4 is 5.32 Å². The maximum atomic E-state index is 13.0. The Hall–Kier alpha value is -1.73. The van der Waals surface area contributed by atoms with Gasteiger partial charge in [-0.2, -0.15) is 0 Å². The molecule has 2 fully saturated rings. The van der Waals surface area contributed by atoms with Crippen molar-refractivity contribution in [2.45, 2.75) is 57.4 Å². The number of benzene rings is 1. The third kappa shape index (κ3) is 4.46. The van der Waals surface area contributed by atoms with Gasteiger partial charge in [-0.3, -0.25) is 4.79 Å². The van der Waals surface area contributed by atoms with Crippen LogP contribution in [-0.4, -0.2) is 51.5 Å². The van der Waals surface area contributed by atoms with Crippen LogP contribution >= 0.6 is 15.9 Å². The number of carbonyl (C=O) groups excluding carboxylic acids is 1. The van der Waals surface area contributed by atoms with E-state index >= 15 is 0 Å². The molecule has 2 heterocycles. The molecule has 28 heavy (non-hydrogen) atoms. The minimum Gasteiger partial charge on any atom is -0.348 e. The molecule has 1 aliphatic carbocycles. The van der Waals surface area contributed by atoms with Gasteiger partial charge in [0.1, 0.15) is 0 Å². The molecule has 7 heteroatoms. The van der Waals surface area contributed by atoms with E-state index in [-0.39, 0.29) is 11.9 Å². The van der Waals surface area contributed by atoms with Gasteiger partial charge in [0.15, 0.2) is 5.69 Å². The average Bonchev–Trinajstić information content (AvgIpc) is 3.46. The fraction of sp³-hybridized carbons (Fsp3) is 0.571. The Bertz CT molecular complexity index is 807. The number of nitrogens with zero attached hydrogens (tertiary/aromatic N) is 4. The highest BCUT2D eigenvalue weighted by Gasteiger charge is 2.35. The topological polar surface area (TPSA) is 63.1 Å². The van der Waals surface area contributed by atoms with Crippen LogP contribution in [0.15, 0.2) is 28.7 Å². The summed E-state index contributed by atoms with van der Waals surface area (Å²) < 4.78 is 2.86. The van der Waals surface area contributed by atoms with Crippen LogP contribution in [0.2, 0.25) is 0 Å². The van der Waals surface area contributed by atoms with Crippen molar-refractivity contribution in [3.05, 3.63) is 40.1 Å². The first-order chi connectivity index (χ1) is 13.7. The second-order valence-corrected chi connectivity index (χ2v) is 8.84. The number of hydrogen-bond donors (Lipinski definition) is 1. The molecular weight excluding hydrogens is 418 g/mol. The zero-order valence-corrected chi connectivity index (χ0v) is 18.0. The van der Waals surface area contributed by atoms with Crippen molar-refractivity contribution in [1.82, 2.24) is 25.2 Å². The number of piperidine rings is 1. The van der Waals surface area contributed by atoms with Gasteiger partial charge >= 0.3 is 0 Å². The summed E-state index contributed by atoms with van der Waals surface area (Å²) in [5.41, 5.74) is 2.40. The standard InChI is InChI=1S/C21H28BrN5O/c1-2-3-12-26-13-10-17(11-14-26)23-21(28)19-20(15-4-5-15)27(25-24-19)18-8-6-16(22)7-9-18/h6-9,15,17H,2-5,10-14H2,1H3,(H,23,28). The van der Waals surface area contributed by atoms with Crippen molar-refractivity contribution >= 4 is 21.8 Å². The fourth-order valence-corrected chi connectivity index (χ4v) is 4.15. The van der Waals surface area contributed by atoms with E-state index in [2.05, 4.69) is 43.4 Å². The molecule has 1 saturated heterocycles. The summed E-state index contributed by atoms with van der Waals surface area (Å²) in [6.45, 7) is 5.52. The number of rotatable bonds is 7. The summed E-state index contributed by atoms with van der Waals surface area (Å²) in [6, 6.07) is 8.20. The van der Waals surface area contributed by atoms with Crippen molar-refractivity contribution < 1.29 is 4.79 Å². The summed E-state index contributed by atoms with van der Waals surface area (Å²) in [7, 11) is 0. The third-order valence-electron chi connectivity index (χ3n) is 5.71. The Morgan fingerprint density at radius 2 is 1.89 bits per heavy atom. The molecule has 2 aliphatic rings. The highest BCUT2D eigenvalue weighted by Crippen LogP contribution is 2.42. The Kier molecular flexibility index (Phi) is 6.11. The van der Waals surface area contributed by atoms with Gasteiger partial charge in [-0.15, -0.1) is 5.10 Å². The Morgan fingerprint density at radius 1 is 1.18 bits per heavy atom. The number of carbonyl (C=O) groups is 1. The van der Waals surface area contributed by atoms with E-state index < -0.39 is 0 Å². The van der Waals surface area contributed by atoms with Gasteiger partial charge in [-0.25, -0.2) is 4.68 Å². The number of hydrogen-bond acceptors (Lipinski definition) is 4. The minimum atomic E-state index is -0.0720. The lowest BCUT2D eigenvalue weighted by atomic mass is 10.0. The first-order valence-electron chi connectivity index (χ1n) is 10.4. The molecule has 4 rings (SSSR count). The Morgan fingerprint density at radius 3 is 2.54 bits per heavy atom. The van der Waals surface area contributed by atoms with Crippen LogP contribution in [0.1, 0.15) is 67.5 Å². The van der Waals surface area contributed by atoms with Gasteiger partial charge in [-0.1, -0.05) is 34.5 Å². The summed E-state index contributed by atoms with van der Waals surface area (Å²) in [5.74, 6) is 0.313. The van der Waals surface area contributed by atoms with E-state index in [1.807, 2.05) is 28.9 Å². The first kappa shape index (κ1) is 19.6. The largest absolute Gasteiger partial charge is 0.348 e. The molecule has 0 atom stereocenters. The maximum absolute atomic E-state index is 13.0. The predicted octanol–water partition coefficient (Wildman–Crippen LogP) is 3.90. The fourth-order valence-electron chi connectivity index (χ4n) is 3.88. The maximum Gasteiger partial charge on any atom is 0.274 e. The highest BCUT2D eigenvalue weighted by atomic mass is 79.9. The Balaban J connectivity index is 1.44. The smallest absolute Gasteiger partial charge is 0.274 e. The van der Waals surface area contributed by atoms with E-state index in [4.69, 9.17) is 0 Å². The van der Waals surface area contributed by atoms with Crippen molar-refractivity contribution in [3.63, 3.8) is 0 Å². The second-order valence-electron chi connectivity index (χ2n) is 7.93. The van der Waals surface area contributed by atoms with Crippen molar-refractivity contribution in [3.8, 4) is 5.69 Å². The van der Waals surface area contributed by atoms with Gasteiger partial charge in [0.25, 0.3) is 5.91 Å². The minimum absolute atomic E-state index is 0.0720. The molecule has 2 aromatic rings. The predicted molar refractivity (Wildman–Crippen MR) is 113 cm³/mol. The number of aromatic nitrogens is 3. The van der Waals surface area contributed by atoms with Crippen LogP contribution in [0.25, 0.3) is 5.69 Å². The zero-order valence-electron chi connectivity index (χ0n) is 16.4. The molecule has 1 N–H and O–H groups in total. The average molecular weight is 446 g/mol. The molecule has 1 saturated carbocycles. The highest BCUT2D eigenvalue weighted by molar-refractivity contribution is 9.10. The van der Waals surface area contributed by atoms with Gasteiger partial charge in [-0.05, 0) is 62.9 Å². The summed E-state index contributed by atoms with van der Waals surface area (Å²) >= 11 is 3.47. The molecule has 0 spiro atoms. The molecule has 1 aromatic heterocycles. The lowest BCUT2D eigenvalue weighted by molar-refractivity contribution is 0.0904. The van der Waals surface area contributed by atoms with Gasteiger partial charge < -0.3 is 10.2 Å². The van der Waals surface area contributed by atoms with E-state index in [1.54, 1.807) is 0 Å². The number of unbranched alkanes of at least 4 members (excludes halogenated alkanes) is 1. The SMILES string of the molecule is CCCCN1CCC(NC(=O)c2nnn(-c3ccc(Br)cc3)c2C2CC2)CC1. The van der Waals surface area contributed by atoms with Gasteiger partial charge in [0.2, 0.25) is 0 Å². The summed E-state index contributed by atoms with van der Waals surface area (Å²) in [6.07, 6.45) is 6.69. The van der Waals surface area contributed by atoms with Crippen LogP contribution in [0, 0.1) is 0 Å². The third-order valence-corrected chi connectivity index (χ3v) is 6.23. The molecule has 1 aliphatic heterocycles. The lowest BCUT2D eigenvalue weighted by Crippen LogP contribution is -2.45. The summed E-state index contributed by atoms with van der Waals surface area (Å²) in [4.78, 5) is 15.5. The quantitative estimate of drug-likeness (QED) is 0.701. The van der Waals surface area contributed by atoms with E-state index in [0.717, 1.165) is 54.6 Å². The molecule has 0 unspecified atom stereocenters. The molecule has 150 valence electrons. The molecular formula is C21H28BrN5O. The first-order valence-corrected chi connectivity index (χ1v) is 11.2. The van der Waals surface area contributed by atoms with Crippen LogP contribution in [-0.2, 0) is 0 Å². The zero-order chi connectivity index (χ0) is 19.5. The normalized spacial score (nSPS) is 18.4. The van der Waals surface area contributed by atoms with Crippen molar-refractivity contribution in [2.24, 2.45) is 0 Å². The van der Waals surface area contributed by atoms with Crippen molar-refractivity contribution in [1.29, 1.82) is 0 Å². The number of nitrogens with one attached hydrogen (secondary N) is 1. The van der Waals surface area contributed by atoms with Crippen molar-refractivity contribution in [2.75, 3.05) is 19.6 Å². The lowest BCUT2D eigenvalue weighted by Gasteiger charge is -2.32. The number of halogens is 1. The van der Waals surface area contributed by atoms with Crippen LogP contribution in [0.4, 0.5) is 0 Å². The molecule has 0 radical (unpaired) electrons. The van der Waals surface area contributed by atoms with E-state index in [1.165, 1.54) is 19.4 Å². The monoisotopic (exact) mass is 445 g/mol. The van der Waals surface area contributed by atoms with E-state index in [9.17, 15) is 4.79 Å². The molecule has 1 aromatic carbocycles. The second kappa shape index (κ2) is 8.74. The summed E-state index contributed by atoms with van der Waals surface area (Å²) in [5, 5.41) is 11.8. The Labute approximate surface area is 174 Å². The molecule has 0 bridgehead atoms. The van der Waals surface area contributed by atoms with Gasteiger partial charge in [0.05, 0.1) is 11.4 Å².